The molecule has 35 heavy (non-hydrogen) atoms. The van der Waals surface area contributed by atoms with Crippen molar-refractivity contribution < 1.29 is 65.8 Å². The van der Waals surface area contributed by atoms with E-state index in [1.807, 2.05) is 0 Å². The van der Waals surface area contributed by atoms with Gasteiger partial charge in [0.05, 0.1) is 24.3 Å². The number of unbranched alkanes of at least 4 members (excludes halogenated alkanes) is 8. The molecule has 0 aromatic carbocycles. The smallest absolute Gasteiger partial charge is 1.00 e. The van der Waals surface area contributed by atoms with Crippen LogP contribution in [0.1, 0.15) is 119 Å². The first-order valence-corrected chi connectivity index (χ1v) is 15.9. The Labute approximate surface area is 237 Å². The molecule has 0 unspecified atom stereocenters. The summed E-state index contributed by atoms with van der Waals surface area (Å²) in [5.41, 5.74) is 0. The Hall–Kier alpha value is -0.160. The molecule has 0 saturated carbocycles. The molecule has 11 heteroatoms. The molecule has 0 aliphatic carbocycles. The summed E-state index contributed by atoms with van der Waals surface area (Å²) in [5, 5.41) is 0. The molecule has 0 aliphatic heterocycles. The molecule has 204 valence electrons. The first kappa shape index (κ1) is 37.0. The van der Waals surface area contributed by atoms with Gasteiger partial charge in [0, 0.05) is 0 Å². The quantitative estimate of drug-likeness (QED) is 0.121. The monoisotopic (exact) mass is 550 g/mol. The fraction of sp³-hybridized carbons (Fsp3) is 0.917. The molecule has 0 atom stereocenters. The molecule has 0 aromatic heterocycles. The maximum Gasteiger partial charge on any atom is 1.00 e. The zero-order valence-corrected chi connectivity index (χ0v) is 26.2. The van der Waals surface area contributed by atoms with E-state index in [0.29, 0.717) is 24.7 Å². The van der Waals surface area contributed by atoms with Crippen LogP contribution >= 0.6 is 0 Å². The van der Waals surface area contributed by atoms with Crippen LogP contribution in [-0.2, 0) is 38.2 Å². The van der Waals surface area contributed by atoms with Gasteiger partial charge in [0.2, 0.25) is 0 Å². The average Bonchev–Trinajstić information content (AvgIpc) is 2.69. The van der Waals surface area contributed by atoms with E-state index in [-0.39, 0.29) is 42.5 Å². The van der Waals surface area contributed by atoms with Crippen LogP contribution in [0.15, 0.2) is 0 Å². The van der Waals surface area contributed by atoms with E-state index >= 15 is 0 Å². The average molecular weight is 551 g/mol. The van der Waals surface area contributed by atoms with Crippen LogP contribution < -0.4 is 29.6 Å². The minimum absolute atomic E-state index is 0. The van der Waals surface area contributed by atoms with E-state index in [1.165, 1.54) is 0 Å². The van der Waals surface area contributed by atoms with Gasteiger partial charge in [0.1, 0.15) is 0 Å². The van der Waals surface area contributed by atoms with E-state index < -0.39 is 45.0 Å². The van der Waals surface area contributed by atoms with E-state index in [9.17, 15) is 26.4 Å². The van der Waals surface area contributed by atoms with Gasteiger partial charge >= 0.3 is 61.7 Å². The van der Waals surface area contributed by atoms with Gasteiger partial charge in [-0.05, 0) is 24.7 Å². The Morgan fingerprint density at radius 3 is 1.17 bits per heavy atom. The second-order valence-corrected chi connectivity index (χ2v) is 13.2. The summed E-state index contributed by atoms with van der Waals surface area (Å²) in [6, 6.07) is 0. The maximum absolute atomic E-state index is 11.9. The van der Waals surface area contributed by atoms with E-state index in [2.05, 4.69) is 36.1 Å². The van der Waals surface area contributed by atoms with Crippen molar-refractivity contribution in [1.82, 2.24) is 0 Å². The summed E-state index contributed by atoms with van der Waals surface area (Å²) in [6.07, 6.45) is 9.62. The molecule has 0 bridgehead atoms. The first-order chi connectivity index (χ1) is 15.8. The van der Waals surface area contributed by atoms with Crippen LogP contribution in [0.5, 0.6) is 0 Å². The summed E-state index contributed by atoms with van der Waals surface area (Å²) in [5.74, 6) is -1.39. The van der Waals surface area contributed by atoms with E-state index in [1.54, 1.807) is 0 Å². The van der Waals surface area contributed by atoms with Gasteiger partial charge in [0.15, 0.2) is 0 Å². The predicted molar refractivity (Wildman–Crippen MR) is 135 cm³/mol. The zero-order chi connectivity index (χ0) is 26.0. The summed E-state index contributed by atoms with van der Waals surface area (Å²) in [4.78, 5) is 23.5. The molecule has 0 amide bonds. The summed E-state index contributed by atoms with van der Waals surface area (Å²) in [6.45, 7) is 8.66. The Morgan fingerprint density at radius 1 is 0.571 bits per heavy atom. The third-order valence-electron chi connectivity index (χ3n) is 5.32. The molecular formula is C24H47NaO8S2. The van der Waals surface area contributed by atoms with Gasteiger partial charge in [0.25, 0.3) is 0 Å². The van der Waals surface area contributed by atoms with Crippen LogP contribution in [0.4, 0.5) is 0 Å². The van der Waals surface area contributed by atoms with Crippen molar-refractivity contribution in [3.05, 3.63) is 0 Å². The molecule has 0 aliphatic rings. The summed E-state index contributed by atoms with van der Waals surface area (Å²) < 4.78 is 56.5. The zero-order valence-electron chi connectivity index (χ0n) is 23.6. The standard InChI is InChI=1S/C24H46O8S2.Na.H/c1-21(2)15-11-7-5-9-13-19-33(27,28)31-23(25)17-18-24(26)32-34(29,30)20-14-10-6-8-12-16-22(3)4;;/h21-22H,5-20H2,1-4H3;;/q;+1;-1. The van der Waals surface area contributed by atoms with Crippen LogP contribution in [0.2, 0.25) is 0 Å². The van der Waals surface area contributed by atoms with Gasteiger partial charge in [-0.2, -0.15) is 16.8 Å². The number of carbonyl (C=O) groups is 2. The molecular weight excluding hydrogens is 503 g/mol. The van der Waals surface area contributed by atoms with Crippen LogP contribution in [-0.4, -0.2) is 40.3 Å². The van der Waals surface area contributed by atoms with Crippen LogP contribution in [0.25, 0.3) is 0 Å². The largest absolute Gasteiger partial charge is 1.00 e. The first-order valence-electron chi connectivity index (χ1n) is 12.7. The Bertz CT molecular complexity index is 718. The summed E-state index contributed by atoms with van der Waals surface area (Å²) >= 11 is 0. The Kier molecular flexibility index (Phi) is 22.0. The predicted octanol–water partition coefficient (Wildman–Crippen LogP) is 2.62. The van der Waals surface area contributed by atoms with Crippen molar-refractivity contribution in [2.24, 2.45) is 11.8 Å². The van der Waals surface area contributed by atoms with Gasteiger partial charge in [-0.25, -0.2) is 0 Å². The van der Waals surface area contributed by atoms with Crippen molar-refractivity contribution in [2.45, 2.75) is 118 Å². The molecule has 0 N–H and O–H groups in total. The van der Waals surface area contributed by atoms with Gasteiger partial charge in [-0.1, -0.05) is 91.9 Å². The minimum Gasteiger partial charge on any atom is -1.00 e. The Balaban J connectivity index is -0.00000544. The molecule has 0 spiro atoms. The van der Waals surface area contributed by atoms with Gasteiger partial charge in [-0.3, -0.25) is 9.59 Å². The molecule has 0 rings (SSSR count). The molecule has 0 saturated heterocycles. The van der Waals surface area contributed by atoms with Crippen molar-refractivity contribution in [3.8, 4) is 0 Å². The van der Waals surface area contributed by atoms with Crippen molar-refractivity contribution in [3.63, 3.8) is 0 Å². The van der Waals surface area contributed by atoms with E-state index in [4.69, 9.17) is 0 Å². The number of hydrogen-bond acceptors (Lipinski definition) is 8. The minimum atomic E-state index is -4.02. The van der Waals surface area contributed by atoms with E-state index in [0.717, 1.165) is 64.2 Å². The number of carbonyl (C=O) groups excluding carboxylic acids is 2. The third kappa shape index (κ3) is 25.3. The molecule has 8 nitrogen and oxygen atoms in total. The number of hydrogen-bond donors (Lipinski definition) is 0. The van der Waals surface area contributed by atoms with Gasteiger partial charge in [-0.15, -0.1) is 0 Å². The normalized spacial score (nSPS) is 11.9. The molecule has 0 radical (unpaired) electrons. The second kappa shape index (κ2) is 20.8. The van der Waals surface area contributed by atoms with Crippen molar-refractivity contribution in [2.75, 3.05) is 11.5 Å². The Morgan fingerprint density at radius 2 is 0.857 bits per heavy atom. The number of rotatable bonds is 21. The molecule has 0 fully saturated rings. The van der Waals surface area contributed by atoms with Crippen LogP contribution in [0, 0.1) is 11.8 Å². The second-order valence-electron chi connectivity index (χ2n) is 9.83. The fourth-order valence-electron chi connectivity index (χ4n) is 3.38. The summed E-state index contributed by atoms with van der Waals surface area (Å²) in [7, 11) is -8.03. The third-order valence-corrected chi connectivity index (χ3v) is 7.78. The maximum atomic E-state index is 11.9. The van der Waals surface area contributed by atoms with Crippen molar-refractivity contribution in [1.29, 1.82) is 0 Å². The van der Waals surface area contributed by atoms with Gasteiger partial charge < -0.3 is 9.79 Å². The molecule has 0 heterocycles. The fourth-order valence-corrected chi connectivity index (χ4v) is 5.39. The van der Waals surface area contributed by atoms with Crippen molar-refractivity contribution >= 4 is 32.2 Å². The topological polar surface area (TPSA) is 121 Å². The van der Waals surface area contributed by atoms with Crippen LogP contribution in [0.3, 0.4) is 0 Å². The molecule has 0 aromatic rings. The SMILES string of the molecule is CC(C)CCCCCCCS(=O)(=O)OC(=O)CCC(=O)OS(=O)(=O)CCCCCCCC(C)C.[H-].[Na+].